The summed E-state index contributed by atoms with van der Waals surface area (Å²) in [7, 11) is 0. The lowest BCUT2D eigenvalue weighted by Crippen LogP contribution is -2.67. The minimum atomic E-state index is -0.365. The Morgan fingerprint density at radius 1 is 1.33 bits per heavy atom. The van der Waals surface area contributed by atoms with Gasteiger partial charge in [0.15, 0.2) is 0 Å². The average molecular weight is 169 g/mol. The first kappa shape index (κ1) is 8.52. The number of nitrogens with zero attached hydrogens (tertiary/aromatic N) is 1. The van der Waals surface area contributed by atoms with Crippen molar-refractivity contribution < 1.29 is 5.11 Å². The molecular weight excluding hydrogens is 150 g/mol. The van der Waals surface area contributed by atoms with E-state index >= 15 is 0 Å². The molecule has 2 nitrogen and oxygen atoms in total. The zero-order chi connectivity index (χ0) is 8.77. The summed E-state index contributed by atoms with van der Waals surface area (Å²) in [5.74, 6) is 0.411. The summed E-state index contributed by atoms with van der Waals surface area (Å²) in [5, 5.41) is 9.98. The maximum Gasteiger partial charge on any atom is 0.0923 e. The molecule has 2 heteroatoms. The Labute approximate surface area is 74.6 Å². The van der Waals surface area contributed by atoms with Crippen molar-refractivity contribution >= 4 is 0 Å². The molecule has 12 heavy (non-hydrogen) atoms. The smallest absolute Gasteiger partial charge is 0.0923 e. The van der Waals surface area contributed by atoms with Crippen molar-refractivity contribution in [1.29, 1.82) is 0 Å². The Hall–Kier alpha value is -0.0800. The van der Waals surface area contributed by atoms with Gasteiger partial charge >= 0.3 is 0 Å². The third-order valence-corrected chi connectivity index (χ3v) is 3.62. The van der Waals surface area contributed by atoms with Crippen LogP contribution in [0.15, 0.2) is 0 Å². The van der Waals surface area contributed by atoms with E-state index in [0.29, 0.717) is 5.92 Å². The lowest BCUT2D eigenvalue weighted by Gasteiger charge is -2.54. The quantitative estimate of drug-likeness (QED) is 0.672. The molecule has 0 amide bonds. The van der Waals surface area contributed by atoms with Crippen LogP contribution in [0, 0.1) is 5.92 Å². The number of β-amino-alcohol motifs (C(OH)–C–C–N with tert-alkyl or cyclic N) is 1. The number of aliphatic hydroxyl groups is 1. The van der Waals surface area contributed by atoms with E-state index in [-0.39, 0.29) is 5.60 Å². The molecule has 70 valence electrons. The van der Waals surface area contributed by atoms with E-state index in [0.717, 1.165) is 19.1 Å². The minimum Gasteiger partial charge on any atom is -0.387 e. The fourth-order valence-corrected chi connectivity index (χ4v) is 2.03. The molecule has 2 rings (SSSR count). The lowest BCUT2D eigenvalue weighted by atomic mass is 9.79. The van der Waals surface area contributed by atoms with Gasteiger partial charge in [-0.15, -0.1) is 0 Å². The molecule has 0 radical (unpaired) electrons. The van der Waals surface area contributed by atoms with E-state index in [1.807, 2.05) is 0 Å². The van der Waals surface area contributed by atoms with Crippen LogP contribution in [0.1, 0.15) is 33.1 Å². The molecule has 1 N–H and O–H groups in total. The van der Waals surface area contributed by atoms with E-state index in [2.05, 4.69) is 18.7 Å². The van der Waals surface area contributed by atoms with Gasteiger partial charge in [0.2, 0.25) is 0 Å². The standard InChI is InChI=1S/C10H19NO/c1-8(2)10(12)6-11(7-10)9-4-3-5-9/h8-9,12H,3-7H2,1-2H3. The van der Waals surface area contributed by atoms with Gasteiger partial charge in [0, 0.05) is 19.1 Å². The number of likely N-dealkylation sites (tertiary alicyclic amines) is 1. The summed E-state index contributed by atoms with van der Waals surface area (Å²) < 4.78 is 0. The van der Waals surface area contributed by atoms with Gasteiger partial charge in [-0.05, 0) is 18.8 Å². The predicted molar refractivity (Wildman–Crippen MR) is 49.0 cm³/mol. The van der Waals surface area contributed by atoms with Crippen LogP contribution in [0.4, 0.5) is 0 Å². The van der Waals surface area contributed by atoms with Crippen LogP contribution in [0.2, 0.25) is 0 Å². The van der Waals surface area contributed by atoms with Crippen LogP contribution in [0.25, 0.3) is 0 Å². The van der Waals surface area contributed by atoms with Crippen molar-refractivity contribution in [3.8, 4) is 0 Å². The number of rotatable bonds is 2. The van der Waals surface area contributed by atoms with Gasteiger partial charge in [-0.25, -0.2) is 0 Å². The first-order valence-corrected chi connectivity index (χ1v) is 5.08. The molecular formula is C10H19NO. The third-order valence-electron chi connectivity index (χ3n) is 3.62. The summed E-state index contributed by atoms with van der Waals surface area (Å²) in [6.07, 6.45) is 4.10. The third kappa shape index (κ3) is 1.17. The fraction of sp³-hybridized carbons (Fsp3) is 1.00. The number of hydrogen-bond acceptors (Lipinski definition) is 2. The fourth-order valence-electron chi connectivity index (χ4n) is 2.03. The maximum absolute atomic E-state index is 9.98. The molecule has 1 saturated carbocycles. The highest BCUT2D eigenvalue weighted by Gasteiger charge is 2.46. The van der Waals surface area contributed by atoms with Gasteiger partial charge < -0.3 is 5.11 Å². The number of hydrogen-bond donors (Lipinski definition) is 1. The van der Waals surface area contributed by atoms with Gasteiger partial charge in [0.05, 0.1) is 5.60 Å². The van der Waals surface area contributed by atoms with E-state index < -0.39 is 0 Å². The minimum absolute atomic E-state index is 0.365. The van der Waals surface area contributed by atoms with Gasteiger partial charge in [0.25, 0.3) is 0 Å². The van der Waals surface area contributed by atoms with Gasteiger partial charge in [-0.2, -0.15) is 0 Å². The molecule has 1 aliphatic carbocycles. The van der Waals surface area contributed by atoms with Crippen molar-refractivity contribution in [2.45, 2.75) is 44.8 Å². The molecule has 0 aromatic rings. The molecule has 0 bridgehead atoms. The van der Waals surface area contributed by atoms with E-state index in [1.165, 1.54) is 19.3 Å². The normalized spacial score (nSPS) is 30.0. The van der Waals surface area contributed by atoms with Gasteiger partial charge in [-0.3, -0.25) is 4.90 Å². The van der Waals surface area contributed by atoms with Crippen LogP contribution in [0.3, 0.4) is 0 Å². The van der Waals surface area contributed by atoms with Crippen LogP contribution < -0.4 is 0 Å². The maximum atomic E-state index is 9.98. The first-order valence-electron chi connectivity index (χ1n) is 5.08. The van der Waals surface area contributed by atoms with Crippen LogP contribution in [0.5, 0.6) is 0 Å². The second-order valence-corrected chi connectivity index (χ2v) is 4.75. The van der Waals surface area contributed by atoms with Gasteiger partial charge in [-0.1, -0.05) is 20.3 Å². The predicted octanol–water partition coefficient (Wildman–Crippen LogP) is 1.24. The summed E-state index contributed by atoms with van der Waals surface area (Å²) in [6.45, 7) is 6.04. The molecule has 1 aliphatic heterocycles. The second kappa shape index (κ2) is 2.71. The van der Waals surface area contributed by atoms with Crippen molar-refractivity contribution in [3.05, 3.63) is 0 Å². The lowest BCUT2D eigenvalue weighted by molar-refractivity contribution is -0.151. The molecule has 0 spiro atoms. The molecule has 1 heterocycles. The largest absolute Gasteiger partial charge is 0.387 e. The highest BCUT2D eigenvalue weighted by molar-refractivity contribution is 5.01. The first-order chi connectivity index (χ1) is 5.62. The Bertz CT molecular complexity index is 169. The van der Waals surface area contributed by atoms with E-state index in [4.69, 9.17) is 0 Å². The Balaban J connectivity index is 1.81. The highest BCUT2D eigenvalue weighted by atomic mass is 16.3. The van der Waals surface area contributed by atoms with Crippen LogP contribution in [-0.2, 0) is 0 Å². The molecule has 0 aromatic carbocycles. The van der Waals surface area contributed by atoms with E-state index in [9.17, 15) is 5.11 Å². The van der Waals surface area contributed by atoms with Crippen molar-refractivity contribution in [1.82, 2.24) is 4.90 Å². The molecule has 2 aliphatic rings. The Morgan fingerprint density at radius 2 is 1.92 bits per heavy atom. The Kier molecular flexibility index (Phi) is 1.92. The van der Waals surface area contributed by atoms with Crippen LogP contribution in [-0.4, -0.2) is 34.7 Å². The monoisotopic (exact) mass is 169 g/mol. The zero-order valence-corrected chi connectivity index (χ0v) is 8.08. The van der Waals surface area contributed by atoms with Crippen LogP contribution >= 0.6 is 0 Å². The molecule has 0 aromatic heterocycles. The average Bonchev–Trinajstić information content (AvgIpc) is 1.79. The molecule has 0 atom stereocenters. The zero-order valence-electron chi connectivity index (χ0n) is 8.08. The molecule has 1 saturated heterocycles. The van der Waals surface area contributed by atoms with Crippen molar-refractivity contribution in [2.75, 3.05) is 13.1 Å². The summed E-state index contributed by atoms with van der Waals surface area (Å²) >= 11 is 0. The highest BCUT2D eigenvalue weighted by Crippen LogP contribution is 2.35. The Morgan fingerprint density at radius 3 is 2.25 bits per heavy atom. The second-order valence-electron chi connectivity index (χ2n) is 4.75. The molecule has 0 unspecified atom stereocenters. The SMILES string of the molecule is CC(C)C1(O)CN(C2CCC2)C1. The summed E-state index contributed by atoms with van der Waals surface area (Å²) in [5.41, 5.74) is -0.365. The van der Waals surface area contributed by atoms with Crippen molar-refractivity contribution in [3.63, 3.8) is 0 Å². The van der Waals surface area contributed by atoms with Crippen molar-refractivity contribution in [2.24, 2.45) is 5.92 Å². The van der Waals surface area contributed by atoms with E-state index in [1.54, 1.807) is 0 Å². The topological polar surface area (TPSA) is 23.5 Å². The summed E-state index contributed by atoms with van der Waals surface area (Å²) in [6, 6.07) is 0.809. The summed E-state index contributed by atoms with van der Waals surface area (Å²) in [4.78, 5) is 2.43. The molecule has 2 fully saturated rings. The van der Waals surface area contributed by atoms with Gasteiger partial charge in [0.1, 0.15) is 0 Å².